The van der Waals surface area contributed by atoms with Gasteiger partial charge in [-0.25, -0.2) is 0 Å². The first-order valence-corrected chi connectivity index (χ1v) is 7.94. The molecule has 3 heteroatoms. The van der Waals surface area contributed by atoms with E-state index in [9.17, 15) is 0 Å². The molecular formula is C15H29N3. The van der Waals surface area contributed by atoms with Gasteiger partial charge in [-0.1, -0.05) is 6.42 Å². The normalized spacial score (nSPS) is 29.2. The molecule has 1 saturated heterocycles. The van der Waals surface area contributed by atoms with Crippen LogP contribution in [0.4, 0.5) is 0 Å². The average molecular weight is 251 g/mol. The molecule has 0 bridgehead atoms. The molecule has 0 aromatic rings. The van der Waals surface area contributed by atoms with E-state index in [-0.39, 0.29) is 0 Å². The minimum absolute atomic E-state index is 0.533. The van der Waals surface area contributed by atoms with Crippen LogP contribution in [0, 0.1) is 11.3 Å². The fourth-order valence-corrected chi connectivity index (χ4v) is 3.49. The smallest absolute Gasteiger partial charge is 0.0110 e. The number of nitrogens with zero attached hydrogens (tertiary/aromatic N) is 2. The first-order chi connectivity index (χ1) is 8.80. The minimum Gasteiger partial charge on any atom is -0.330 e. The standard InChI is InChI=1S/C15H29N3/c16-13-15(4-1-5-15)6-7-17-8-10-18(11-9-17)12-14-2-3-14/h14H,1-13,16H2. The zero-order valence-electron chi connectivity index (χ0n) is 11.7. The summed E-state index contributed by atoms with van der Waals surface area (Å²) in [7, 11) is 0. The van der Waals surface area contributed by atoms with Gasteiger partial charge in [0.15, 0.2) is 0 Å². The van der Waals surface area contributed by atoms with E-state index in [2.05, 4.69) is 9.80 Å². The fourth-order valence-electron chi connectivity index (χ4n) is 3.49. The molecule has 3 rings (SSSR count). The molecule has 0 unspecified atom stereocenters. The molecule has 0 atom stereocenters. The second-order valence-corrected chi connectivity index (χ2v) is 6.89. The quantitative estimate of drug-likeness (QED) is 0.777. The van der Waals surface area contributed by atoms with Gasteiger partial charge in [-0.05, 0) is 56.5 Å². The van der Waals surface area contributed by atoms with Crippen LogP contribution in [0.2, 0.25) is 0 Å². The molecule has 2 saturated carbocycles. The van der Waals surface area contributed by atoms with Crippen LogP contribution in [0.3, 0.4) is 0 Å². The molecular weight excluding hydrogens is 222 g/mol. The Morgan fingerprint density at radius 1 is 1.00 bits per heavy atom. The van der Waals surface area contributed by atoms with Gasteiger partial charge in [0, 0.05) is 32.7 Å². The predicted molar refractivity (Wildman–Crippen MR) is 75.6 cm³/mol. The zero-order valence-corrected chi connectivity index (χ0v) is 11.7. The van der Waals surface area contributed by atoms with Crippen molar-refractivity contribution in [2.24, 2.45) is 17.1 Å². The number of piperazine rings is 1. The Balaban J connectivity index is 1.34. The number of hydrogen-bond acceptors (Lipinski definition) is 3. The van der Waals surface area contributed by atoms with E-state index in [0.717, 1.165) is 12.5 Å². The van der Waals surface area contributed by atoms with Crippen molar-refractivity contribution in [2.75, 3.05) is 45.8 Å². The highest BCUT2D eigenvalue weighted by Gasteiger charge is 2.35. The Bertz CT molecular complexity index is 257. The van der Waals surface area contributed by atoms with Gasteiger partial charge in [-0.3, -0.25) is 0 Å². The lowest BCUT2D eigenvalue weighted by molar-refractivity contribution is 0.0791. The lowest BCUT2D eigenvalue weighted by Gasteiger charge is -2.43. The van der Waals surface area contributed by atoms with E-state index >= 15 is 0 Å². The average Bonchev–Trinajstić information content (AvgIpc) is 3.14. The molecule has 3 aliphatic rings. The van der Waals surface area contributed by atoms with Gasteiger partial charge in [0.1, 0.15) is 0 Å². The second-order valence-electron chi connectivity index (χ2n) is 6.89. The molecule has 2 aliphatic carbocycles. The highest BCUT2D eigenvalue weighted by Crippen LogP contribution is 2.43. The summed E-state index contributed by atoms with van der Waals surface area (Å²) in [4.78, 5) is 5.34. The van der Waals surface area contributed by atoms with Crippen molar-refractivity contribution in [3.05, 3.63) is 0 Å². The zero-order chi connectivity index (χ0) is 12.4. The topological polar surface area (TPSA) is 32.5 Å². The van der Waals surface area contributed by atoms with Crippen LogP contribution in [-0.2, 0) is 0 Å². The van der Waals surface area contributed by atoms with Crippen molar-refractivity contribution < 1.29 is 0 Å². The Morgan fingerprint density at radius 2 is 1.67 bits per heavy atom. The third kappa shape index (κ3) is 3.06. The van der Waals surface area contributed by atoms with E-state index < -0.39 is 0 Å². The van der Waals surface area contributed by atoms with E-state index in [1.54, 1.807) is 0 Å². The van der Waals surface area contributed by atoms with Gasteiger partial charge in [0.05, 0.1) is 0 Å². The molecule has 104 valence electrons. The van der Waals surface area contributed by atoms with Gasteiger partial charge in [0.2, 0.25) is 0 Å². The van der Waals surface area contributed by atoms with Crippen LogP contribution in [-0.4, -0.2) is 55.6 Å². The minimum atomic E-state index is 0.533. The molecule has 1 heterocycles. The lowest BCUT2D eigenvalue weighted by Crippen LogP contribution is -2.48. The van der Waals surface area contributed by atoms with E-state index in [1.165, 1.54) is 77.8 Å². The van der Waals surface area contributed by atoms with Gasteiger partial charge in [-0.2, -0.15) is 0 Å². The van der Waals surface area contributed by atoms with Crippen molar-refractivity contribution in [1.82, 2.24) is 9.80 Å². The molecule has 18 heavy (non-hydrogen) atoms. The SMILES string of the molecule is NCC1(CCN2CCN(CC3CC3)CC2)CCC1. The molecule has 1 aliphatic heterocycles. The molecule has 3 nitrogen and oxygen atoms in total. The fraction of sp³-hybridized carbons (Fsp3) is 1.00. The Morgan fingerprint density at radius 3 is 2.17 bits per heavy atom. The van der Waals surface area contributed by atoms with Crippen molar-refractivity contribution in [1.29, 1.82) is 0 Å². The third-order valence-electron chi connectivity index (χ3n) is 5.48. The van der Waals surface area contributed by atoms with Gasteiger partial charge in [0.25, 0.3) is 0 Å². The number of hydrogen-bond donors (Lipinski definition) is 1. The molecule has 0 radical (unpaired) electrons. The summed E-state index contributed by atoms with van der Waals surface area (Å²) in [6, 6.07) is 0. The van der Waals surface area contributed by atoms with Gasteiger partial charge < -0.3 is 15.5 Å². The maximum Gasteiger partial charge on any atom is 0.0110 e. The number of nitrogens with two attached hydrogens (primary N) is 1. The maximum atomic E-state index is 5.94. The lowest BCUT2D eigenvalue weighted by atomic mass is 9.66. The summed E-state index contributed by atoms with van der Waals surface area (Å²) in [5, 5.41) is 0. The van der Waals surface area contributed by atoms with Crippen LogP contribution < -0.4 is 5.73 Å². The summed E-state index contributed by atoms with van der Waals surface area (Å²) in [6.07, 6.45) is 8.48. The number of rotatable bonds is 6. The highest BCUT2D eigenvalue weighted by molar-refractivity contribution is 4.89. The Kier molecular flexibility index (Phi) is 3.92. The van der Waals surface area contributed by atoms with E-state index in [0.29, 0.717) is 5.41 Å². The molecule has 0 aromatic carbocycles. The van der Waals surface area contributed by atoms with Crippen LogP contribution in [0.15, 0.2) is 0 Å². The Labute approximate surface area is 112 Å². The second kappa shape index (κ2) is 5.48. The third-order valence-corrected chi connectivity index (χ3v) is 5.48. The van der Waals surface area contributed by atoms with Crippen LogP contribution in [0.25, 0.3) is 0 Å². The summed E-state index contributed by atoms with van der Waals surface area (Å²) < 4.78 is 0. The van der Waals surface area contributed by atoms with E-state index in [1.807, 2.05) is 0 Å². The highest BCUT2D eigenvalue weighted by atomic mass is 15.3. The maximum absolute atomic E-state index is 5.94. The largest absolute Gasteiger partial charge is 0.330 e. The summed E-state index contributed by atoms with van der Waals surface area (Å²) in [6.45, 7) is 8.74. The van der Waals surface area contributed by atoms with Crippen molar-refractivity contribution in [3.63, 3.8) is 0 Å². The molecule has 0 amide bonds. The summed E-state index contributed by atoms with van der Waals surface area (Å²) >= 11 is 0. The Hall–Kier alpha value is -0.120. The summed E-state index contributed by atoms with van der Waals surface area (Å²) in [5.74, 6) is 1.05. The van der Waals surface area contributed by atoms with Crippen molar-refractivity contribution in [3.8, 4) is 0 Å². The van der Waals surface area contributed by atoms with Crippen molar-refractivity contribution >= 4 is 0 Å². The van der Waals surface area contributed by atoms with Crippen LogP contribution in [0.1, 0.15) is 38.5 Å². The van der Waals surface area contributed by atoms with E-state index in [4.69, 9.17) is 5.73 Å². The molecule has 2 N–H and O–H groups in total. The van der Waals surface area contributed by atoms with Gasteiger partial charge >= 0.3 is 0 Å². The predicted octanol–water partition coefficient (Wildman–Crippen LogP) is 1.53. The van der Waals surface area contributed by atoms with Gasteiger partial charge in [-0.15, -0.1) is 0 Å². The monoisotopic (exact) mass is 251 g/mol. The first-order valence-electron chi connectivity index (χ1n) is 7.94. The van der Waals surface area contributed by atoms with Crippen molar-refractivity contribution in [2.45, 2.75) is 38.5 Å². The summed E-state index contributed by atoms with van der Waals surface area (Å²) in [5.41, 5.74) is 6.47. The first kappa shape index (κ1) is 12.9. The van der Waals surface area contributed by atoms with Crippen LogP contribution >= 0.6 is 0 Å². The van der Waals surface area contributed by atoms with Crippen LogP contribution in [0.5, 0.6) is 0 Å². The molecule has 3 fully saturated rings. The molecule has 0 aromatic heterocycles. The molecule has 0 spiro atoms.